The number of aldehydes is 1. The maximum absolute atomic E-state index is 12.5. The molecule has 0 radical (unpaired) electrons. The number of ether oxygens (including phenoxy) is 1. The van der Waals surface area contributed by atoms with Gasteiger partial charge in [0.2, 0.25) is 0 Å². The SMILES string of the molecule is O=Cc1ccc(OC(F)(F)F)c(-c2ccc(C(F)(F)F)cc2)c1. The standard InChI is InChI=1S/C15H8F6O2/c16-14(17,18)11-4-2-10(3-5-11)12-7-9(8-22)1-6-13(12)23-15(19,20)21/h1-8H. The molecular weight excluding hydrogens is 326 g/mol. The van der Waals surface area contributed by atoms with Crippen LogP contribution >= 0.6 is 0 Å². The lowest BCUT2D eigenvalue weighted by Crippen LogP contribution is -2.17. The van der Waals surface area contributed by atoms with E-state index in [4.69, 9.17) is 0 Å². The maximum atomic E-state index is 12.5. The summed E-state index contributed by atoms with van der Waals surface area (Å²) in [5.41, 5.74) is -0.956. The zero-order valence-electron chi connectivity index (χ0n) is 11.2. The molecule has 0 unspecified atom stereocenters. The third-order valence-electron chi connectivity index (χ3n) is 2.89. The van der Waals surface area contributed by atoms with E-state index in [0.717, 1.165) is 42.5 Å². The van der Waals surface area contributed by atoms with E-state index in [9.17, 15) is 31.1 Å². The van der Waals surface area contributed by atoms with Gasteiger partial charge in [0.25, 0.3) is 0 Å². The van der Waals surface area contributed by atoms with Crippen molar-refractivity contribution in [3.05, 3.63) is 53.6 Å². The predicted octanol–water partition coefficient (Wildman–Crippen LogP) is 5.08. The molecule has 0 saturated carbocycles. The van der Waals surface area contributed by atoms with Gasteiger partial charge >= 0.3 is 12.5 Å². The Labute approximate surface area is 126 Å². The summed E-state index contributed by atoms with van der Waals surface area (Å²) >= 11 is 0. The third kappa shape index (κ3) is 4.24. The van der Waals surface area contributed by atoms with E-state index in [-0.39, 0.29) is 16.7 Å². The minimum atomic E-state index is -4.97. The average molecular weight is 334 g/mol. The second-order valence-electron chi connectivity index (χ2n) is 4.50. The van der Waals surface area contributed by atoms with Gasteiger partial charge < -0.3 is 4.74 Å². The summed E-state index contributed by atoms with van der Waals surface area (Å²) in [6.07, 6.45) is -9.12. The van der Waals surface area contributed by atoms with Crippen molar-refractivity contribution in [2.75, 3.05) is 0 Å². The molecule has 0 fully saturated rings. The molecule has 0 saturated heterocycles. The lowest BCUT2D eigenvalue weighted by atomic mass is 10.0. The number of hydrogen-bond donors (Lipinski definition) is 0. The first kappa shape index (κ1) is 16.9. The lowest BCUT2D eigenvalue weighted by molar-refractivity contribution is -0.274. The van der Waals surface area contributed by atoms with Crippen molar-refractivity contribution in [2.24, 2.45) is 0 Å². The number of rotatable bonds is 3. The molecule has 2 nitrogen and oxygen atoms in total. The van der Waals surface area contributed by atoms with Crippen LogP contribution in [0.25, 0.3) is 11.1 Å². The largest absolute Gasteiger partial charge is 0.573 e. The summed E-state index contributed by atoms with van der Waals surface area (Å²) in [7, 11) is 0. The number of benzene rings is 2. The highest BCUT2D eigenvalue weighted by Gasteiger charge is 2.33. The molecule has 0 heterocycles. The maximum Gasteiger partial charge on any atom is 0.573 e. The van der Waals surface area contributed by atoms with Crippen LogP contribution in [-0.4, -0.2) is 12.6 Å². The van der Waals surface area contributed by atoms with Gasteiger partial charge in [0, 0.05) is 11.1 Å². The van der Waals surface area contributed by atoms with Crippen LogP contribution in [0.3, 0.4) is 0 Å². The Morgan fingerprint density at radius 3 is 1.96 bits per heavy atom. The molecule has 0 atom stereocenters. The van der Waals surface area contributed by atoms with Gasteiger partial charge in [-0.15, -0.1) is 13.2 Å². The molecule has 0 aromatic heterocycles. The summed E-state index contributed by atoms with van der Waals surface area (Å²) in [6, 6.07) is 6.65. The van der Waals surface area contributed by atoms with Crippen molar-refractivity contribution in [3.8, 4) is 16.9 Å². The van der Waals surface area contributed by atoms with Gasteiger partial charge in [-0.2, -0.15) is 13.2 Å². The average Bonchev–Trinajstić information content (AvgIpc) is 2.45. The third-order valence-corrected chi connectivity index (χ3v) is 2.89. The fourth-order valence-electron chi connectivity index (χ4n) is 1.90. The van der Waals surface area contributed by atoms with Crippen LogP contribution in [0.5, 0.6) is 5.75 Å². The lowest BCUT2D eigenvalue weighted by Gasteiger charge is -2.14. The molecule has 0 aliphatic rings. The molecule has 23 heavy (non-hydrogen) atoms. The topological polar surface area (TPSA) is 26.3 Å². The monoisotopic (exact) mass is 334 g/mol. The summed E-state index contributed by atoms with van der Waals surface area (Å²) in [5.74, 6) is -0.608. The van der Waals surface area contributed by atoms with Crippen molar-refractivity contribution in [2.45, 2.75) is 12.5 Å². The zero-order valence-corrected chi connectivity index (χ0v) is 11.2. The van der Waals surface area contributed by atoms with Crippen LogP contribution < -0.4 is 4.74 Å². The van der Waals surface area contributed by atoms with Crippen LogP contribution in [0, 0.1) is 0 Å². The van der Waals surface area contributed by atoms with Gasteiger partial charge in [0.05, 0.1) is 5.56 Å². The Balaban J connectivity index is 2.49. The van der Waals surface area contributed by atoms with E-state index in [0.29, 0.717) is 6.29 Å². The normalized spacial score (nSPS) is 12.1. The number of halogens is 6. The van der Waals surface area contributed by atoms with Crippen LogP contribution in [0.1, 0.15) is 15.9 Å². The van der Waals surface area contributed by atoms with Crippen molar-refractivity contribution < 1.29 is 35.9 Å². The van der Waals surface area contributed by atoms with E-state index in [1.807, 2.05) is 0 Å². The molecule has 0 amide bonds. The van der Waals surface area contributed by atoms with Crippen LogP contribution in [0.4, 0.5) is 26.3 Å². The molecule has 0 aliphatic carbocycles. The van der Waals surface area contributed by atoms with E-state index in [1.54, 1.807) is 0 Å². The fraction of sp³-hybridized carbons (Fsp3) is 0.133. The van der Waals surface area contributed by atoms with Gasteiger partial charge in [0.15, 0.2) is 0 Å². The molecular formula is C15H8F6O2. The Kier molecular flexibility index (Phi) is 4.35. The molecule has 0 bridgehead atoms. The molecule has 2 aromatic rings. The molecule has 0 aliphatic heterocycles. The number of alkyl halides is 6. The molecule has 0 N–H and O–H groups in total. The summed E-state index contributed by atoms with van der Waals surface area (Å²) in [4.78, 5) is 10.8. The summed E-state index contributed by atoms with van der Waals surface area (Å²) in [6.45, 7) is 0. The van der Waals surface area contributed by atoms with E-state index in [1.165, 1.54) is 0 Å². The van der Waals surface area contributed by atoms with Gasteiger partial charge in [-0.3, -0.25) is 4.79 Å². The fourth-order valence-corrected chi connectivity index (χ4v) is 1.90. The minimum absolute atomic E-state index is 0.0564. The number of hydrogen-bond acceptors (Lipinski definition) is 2. The second kappa shape index (κ2) is 5.94. The number of carbonyl (C=O) groups is 1. The molecule has 8 heteroatoms. The number of carbonyl (C=O) groups excluding carboxylic acids is 1. The molecule has 0 spiro atoms. The van der Waals surface area contributed by atoms with E-state index >= 15 is 0 Å². The Morgan fingerprint density at radius 2 is 1.48 bits per heavy atom. The molecule has 2 rings (SSSR count). The van der Waals surface area contributed by atoms with Crippen molar-refractivity contribution >= 4 is 6.29 Å². The minimum Gasteiger partial charge on any atom is -0.405 e. The van der Waals surface area contributed by atoms with Crippen LogP contribution in [0.15, 0.2) is 42.5 Å². The van der Waals surface area contributed by atoms with Crippen molar-refractivity contribution in [1.29, 1.82) is 0 Å². The quantitative estimate of drug-likeness (QED) is 0.578. The van der Waals surface area contributed by atoms with Gasteiger partial charge in [-0.1, -0.05) is 12.1 Å². The predicted molar refractivity (Wildman–Crippen MR) is 69.0 cm³/mol. The Bertz CT molecular complexity index is 701. The first-order valence-electron chi connectivity index (χ1n) is 6.13. The summed E-state index contributed by atoms with van der Waals surface area (Å²) in [5, 5.41) is 0. The highest BCUT2D eigenvalue weighted by Crippen LogP contribution is 2.36. The van der Waals surface area contributed by atoms with Crippen LogP contribution in [-0.2, 0) is 6.18 Å². The first-order chi connectivity index (χ1) is 10.6. The summed E-state index contributed by atoms with van der Waals surface area (Å²) < 4.78 is 78.6. The Morgan fingerprint density at radius 1 is 0.870 bits per heavy atom. The smallest absolute Gasteiger partial charge is 0.405 e. The van der Waals surface area contributed by atoms with Gasteiger partial charge in [0.1, 0.15) is 12.0 Å². The van der Waals surface area contributed by atoms with Crippen molar-refractivity contribution in [3.63, 3.8) is 0 Å². The van der Waals surface area contributed by atoms with E-state index in [2.05, 4.69) is 4.74 Å². The Hall–Kier alpha value is -2.51. The van der Waals surface area contributed by atoms with E-state index < -0.39 is 23.9 Å². The molecule has 122 valence electrons. The van der Waals surface area contributed by atoms with Gasteiger partial charge in [-0.25, -0.2) is 0 Å². The first-order valence-corrected chi connectivity index (χ1v) is 6.13. The van der Waals surface area contributed by atoms with Gasteiger partial charge in [-0.05, 0) is 35.9 Å². The zero-order chi connectivity index (χ0) is 17.3. The second-order valence-corrected chi connectivity index (χ2v) is 4.50. The van der Waals surface area contributed by atoms with Crippen LogP contribution in [0.2, 0.25) is 0 Å². The van der Waals surface area contributed by atoms with Crippen molar-refractivity contribution in [1.82, 2.24) is 0 Å². The highest BCUT2D eigenvalue weighted by atomic mass is 19.4. The molecule has 2 aromatic carbocycles. The highest BCUT2D eigenvalue weighted by molar-refractivity contribution is 5.81.